The molecule has 0 spiro atoms. The average Bonchev–Trinajstić information content (AvgIpc) is 2.82. The number of rotatable bonds is 11. The van der Waals surface area contributed by atoms with Gasteiger partial charge in [0, 0.05) is 47.8 Å². The molecular formula is C26H31FN2O5. The number of halogens is 1. The van der Waals surface area contributed by atoms with E-state index in [0.29, 0.717) is 29.1 Å². The Bertz CT molecular complexity index is 1110. The molecule has 34 heavy (non-hydrogen) atoms. The first kappa shape index (κ1) is 26.7. The number of nitrogens with zero attached hydrogens (tertiary/aromatic N) is 1. The van der Waals surface area contributed by atoms with Crippen LogP contribution >= 0.6 is 0 Å². The Morgan fingerprint density at radius 2 is 1.91 bits per heavy atom. The van der Waals surface area contributed by atoms with E-state index in [1.165, 1.54) is 19.2 Å². The van der Waals surface area contributed by atoms with Crippen molar-refractivity contribution in [3.05, 3.63) is 76.3 Å². The predicted octanol–water partition coefficient (Wildman–Crippen LogP) is 5.04. The van der Waals surface area contributed by atoms with E-state index in [4.69, 9.17) is 15.2 Å². The van der Waals surface area contributed by atoms with Crippen LogP contribution in [-0.4, -0.2) is 28.4 Å². The third-order valence-electron chi connectivity index (χ3n) is 5.10. The molecule has 0 amide bonds. The molecule has 0 bridgehead atoms. The van der Waals surface area contributed by atoms with Crippen molar-refractivity contribution >= 4 is 17.3 Å². The summed E-state index contributed by atoms with van der Waals surface area (Å²) in [5, 5.41) is 10.6. The van der Waals surface area contributed by atoms with Crippen LogP contribution in [0.1, 0.15) is 67.7 Å². The van der Waals surface area contributed by atoms with Crippen LogP contribution in [0, 0.1) is 5.82 Å². The van der Waals surface area contributed by atoms with Gasteiger partial charge in [0.05, 0.1) is 24.5 Å². The van der Waals surface area contributed by atoms with Crippen molar-refractivity contribution in [2.45, 2.75) is 53.5 Å². The van der Waals surface area contributed by atoms with E-state index >= 15 is 0 Å². The van der Waals surface area contributed by atoms with Crippen LogP contribution in [0.5, 0.6) is 5.75 Å². The number of ether oxygens (including phenoxy) is 2. The lowest BCUT2D eigenvalue weighted by Crippen LogP contribution is -2.10. The van der Waals surface area contributed by atoms with Crippen molar-refractivity contribution in [3.8, 4) is 5.75 Å². The van der Waals surface area contributed by atoms with Gasteiger partial charge in [0.2, 0.25) is 0 Å². The summed E-state index contributed by atoms with van der Waals surface area (Å²) in [4.78, 5) is 27.9. The molecular weight excluding hydrogens is 439 g/mol. The van der Waals surface area contributed by atoms with Crippen molar-refractivity contribution < 1.29 is 28.6 Å². The normalized spacial score (nSPS) is 12.2. The summed E-state index contributed by atoms with van der Waals surface area (Å²) in [7, 11) is 0. The minimum Gasteiger partial charge on any atom is -0.512 e. The highest BCUT2D eigenvalue weighted by atomic mass is 19.1. The number of esters is 1. The number of hydrogen-bond donors (Lipinski definition) is 2. The molecule has 8 heteroatoms. The van der Waals surface area contributed by atoms with Crippen molar-refractivity contribution in [2.75, 3.05) is 6.61 Å². The standard InChI is InChI=1S/C26H31FN2O5/c1-5-19(14-21(23(31)6-2)20-10-11-29-22(15-28)26(20)27)34-24-12-17(16(4)30)8-9-18(24)13-25(32)33-7-3/h8-12,14,31H,5-7,13,15,28H2,1-4H3/b19-14+,23-21-. The van der Waals surface area contributed by atoms with Crippen LogP contribution in [0.25, 0.3) is 5.57 Å². The van der Waals surface area contributed by atoms with Crippen molar-refractivity contribution in [3.63, 3.8) is 0 Å². The molecule has 1 aromatic carbocycles. The van der Waals surface area contributed by atoms with Gasteiger partial charge >= 0.3 is 5.97 Å². The zero-order chi connectivity index (χ0) is 25.3. The summed E-state index contributed by atoms with van der Waals surface area (Å²) < 4.78 is 26.1. The highest BCUT2D eigenvalue weighted by Gasteiger charge is 2.18. The van der Waals surface area contributed by atoms with Gasteiger partial charge in [0.1, 0.15) is 11.5 Å². The van der Waals surface area contributed by atoms with Crippen LogP contribution in [0.3, 0.4) is 0 Å². The van der Waals surface area contributed by atoms with E-state index in [1.807, 2.05) is 6.92 Å². The molecule has 2 rings (SSSR count). The summed E-state index contributed by atoms with van der Waals surface area (Å²) in [5.74, 6) is -0.539. The summed E-state index contributed by atoms with van der Waals surface area (Å²) in [6, 6.07) is 6.28. The SMILES string of the molecule is CCOC(=O)Cc1ccc(C(C)=O)cc1O/C(=C/C(=C(/O)CC)c1ccnc(CN)c1F)CC. The first-order chi connectivity index (χ1) is 16.2. The molecule has 0 aliphatic carbocycles. The fourth-order valence-corrected chi connectivity index (χ4v) is 3.23. The number of pyridine rings is 1. The van der Waals surface area contributed by atoms with Gasteiger partial charge in [-0.15, -0.1) is 0 Å². The Labute approximate surface area is 199 Å². The van der Waals surface area contributed by atoms with Gasteiger partial charge in [-0.3, -0.25) is 14.6 Å². The molecule has 3 N–H and O–H groups in total. The maximum absolute atomic E-state index is 15.0. The second kappa shape index (κ2) is 12.6. The Kier molecular flexibility index (Phi) is 9.94. The van der Waals surface area contributed by atoms with E-state index in [9.17, 15) is 19.1 Å². The zero-order valence-corrected chi connectivity index (χ0v) is 20.0. The van der Waals surface area contributed by atoms with Crippen LogP contribution in [0.2, 0.25) is 0 Å². The van der Waals surface area contributed by atoms with Gasteiger partial charge in [-0.1, -0.05) is 26.0 Å². The molecule has 0 saturated carbocycles. The number of Topliss-reactive ketones (excluding diaryl/α,β-unsaturated/α-hetero) is 1. The molecule has 182 valence electrons. The summed E-state index contributed by atoms with van der Waals surface area (Å²) in [5.41, 5.74) is 7.01. The Morgan fingerprint density at radius 1 is 1.18 bits per heavy atom. The average molecular weight is 471 g/mol. The van der Waals surface area contributed by atoms with Gasteiger partial charge in [0.25, 0.3) is 0 Å². The van der Waals surface area contributed by atoms with Crippen molar-refractivity contribution in [2.24, 2.45) is 5.73 Å². The van der Waals surface area contributed by atoms with Crippen LogP contribution in [0.4, 0.5) is 4.39 Å². The van der Waals surface area contributed by atoms with Crippen LogP contribution in [-0.2, 0) is 22.5 Å². The topological polar surface area (TPSA) is 112 Å². The fourth-order valence-electron chi connectivity index (χ4n) is 3.23. The molecule has 1 aromatic heterocycles. The van der Waals surface area contributed by atoms with Gasteiger partial charge in [0.15, 0.2) is 11.6 Å². The molecule has 0 atom stereocenters. The second-order valence-electron chi connectivity index (χ2n) is 7.46. The van der Waals surface area contributed by atoms with Gasteiger partial charge < -0.3 is 20.3 Å². The number of carbonyl (C=O) groups excluding carboxylic acids is 2. The van der Waals surface area contributed by atoms with E-state index in [-0.39, 0.29) is 54.4 Å². The lowest BCUT2D eigenvalue weighted by molar-refractivity contribution is -0.142. The fraction of sp³-hybridized carbons (Fsp3) is 0.346. The molecule has 1 heterocycles. The molecule has 0 saturated heterocycles. The number of ketones is 1. The zero-order valence-electron chi connectivity index (χ0n) is 20.0. The molecule has 2 aromatic rings. The minimum absolute atomic E-state index is 0.0353. The number of nitrogens with two attached hydrogens (primary N) is 1. The third kappa shape index (κ3) is 6.74. The molecule has 7 nitrogen and oxygen atoms in total. The summed E-state index contributed by atoms with van der Waals surface area (Å²) >= 11 is 0. The van der Waals surface area contributed by atoms with Crippen molar-refractivity contribution in [1.82, 2.24) is 4.98 Å². The summed E-state index contributed by atoms with van der Waals surface area (Å²) in [6.07, 6.45) is 3.58. The number of benzene rings is 1. The quantitative estimate of drug-likeness (QED) is 0.205. The molecule has 0 aliphatic rings. The third-order valence-corrected chi connectivity index (χ3v) is 5.10. The molecule has 0 unspecified atom stereocenters. The largest absolute Gasteiger partial charge is 0.512 e. The first-order valence-corrected chi connectivity index (χ1v) is 11.2. The first-order valence-electron chi connectivity index (χ1n) is 11.2. The number of aromatic nitrogens is 1. The lowest BCUT2D eigenvalue weighted by Gasteiger charge is -2.16. The highest BCUT2D eigenvalue weighted by molar-refractivity contribution is 5.94. The Morgan fingerprint density at radius 3 is 2.50 bits per heavy atom. The van der Waals surface area contributed by atoms with Crippen LogP contribution < -0.4 is 10.5 Å². The number of allylic oxidation sites excluding steroid dienone is 4. The lowest BCUT2D eigenvalue weighted by atomic mass is 10.0. The Balaban J connectivity index is 2.56. The van der Waals surface area contributed by atoms with E-state index < -0.39 is 11.8 Å². The number of aliphatic hydroxyl groups is 1. The maximum Gasteiger partial charge on any atom is 0.310 e. The molecule has 0 fully saturated rings. The second-order valence-corrected chi connectivity index (χ2v) is 7.46. The molecule has 0 aliphatic heterocycles. The number of carbonyl (C=O) groups is 2. The minimum atomic E-state index is -0.617. The number of aliphatic hydroxyl groups excluding tert-OH is 1. The van der Waals surface area contributed by atoms with Crippen molar-refractivity contribution in [1.29, 1.82) is 0 Å². The highest BCUT2D eigenvalue weighted by Crippen LogP contribution is 2.29. The number of hydrogen-bond acceptors (Lipinski definition) is 7. The predicted molar refractivity (Wildman–Crippen MR) is 128 cm³/mol. The van der Waals surface area contributed by atoms with Gasteiger partial charge in [-0.05, 0) is 32.1 Å². The van der Waals surface area contributed by atoms with E-state index in [2.05, 4.69) is 4.98 Å². The van der Waals surface area contributed by atoms with Gasteiger partial charge in [-0.2, -0.15) is 0 Å². The monoisotopic (exact) mass is 470 g/mol. The van der Waals surface area contributed by atoms with E-state index in [0.717, 1.165) is 0 Å². The molecule has 0 radical (unpaired) electrons. The Hall–Kier alpha value is -3.52. The summed E-state index contributed by atoms with van der Waals surface area (Å²) in [6.45, 7) is 6.88. The maximum atomic E-state index is 15.0. The van der Waals surface area contributed by atoms with E-state index in [1.54, 1.807) is 38.1 Å². The van der Waals surface area contributed by atoms with Gasteiger partial charge in [-0.25, -0.2) is 4.39 Å². The van der Waals surface area contributed by atoms with Crippen LogP contribution in [0.15, 0.2) is 48.1 Å². The smallest absolute Gasteiger partial charge is 0.310 e.